The van der Waals surface area contributed by atoms with E-state index >= 15 is 0 Å². The number of anilines is 1. The van der Waals surface area contributed by atoms with E-state index in [2.05, 4.69) is 10.3 Å². The molecule has 0 saturated heterocycles. The molecule has 0 fully saturated rings. The Hall–Kier alpha value is -2.92. The number of aryl methyl sites for hydroxylation is 3. The maximum atomic E-state index is 13.0. The van der Waals surface area contributed by atoms with Crippen LogP contribution in [0.5, 0.6) is 5.75 Å². The number of aromatic nitrogens is 2. The highest BCUT2D eigenvalue weighted by molar-refractivity contribution is 7.99. The number of nitro groups is 1. The lowest BCUT2D eigenvalue weighted by atomic mass is 9.97. The van der Waals surface area contributed by atoms with Crippen molar-refractivity contribution < 1.29 is 14.5 Å². The van der Waals surface area contributed by atoms with E-state index in [0.717, 1.165) is 41.5 Å². The molecule has 2 aromatic heterocycles. The third kappa shape index (κ3) is 4.09. The van der Waals surface area contributed by atoms with E-state index in [4.69, 9.17) is 4.74 Å². The average Bonchev–Trinajstić information content (AvgIpc) is 3.14. The van der Waals surface area contributed by atoms with Crippen molar-refractivity contribution in [3.05, 3.63) is 48.6 Å². The zero-order chi connectivity index (χ0) is 23.0. The number of carbonyl (C=O) groups excluding carboxylic acids is 1. The molecule has 1 amide bonds. The van der Waals surface area contributed by atoms with Gasteiger partial charge in [-0.05, 0) is 43.7 Å². The van der Waals surface area contributed by atoms with Crippen molar-refractivity contribution >= 4 is 50.6 Å². The van der Waals surface area contributed by atoms with Crippen LogP contribution >= 0.6 is 23.1 Å². The van der Waals surface area contributed by atoms with Gasteiger partial charge in [0.1, 0.15) is 4.83 Å². The number of fused-ring (bicyclic) bond motifs is 3. The summed E-state index contributed by atoms with van der Waals surface area (Å²) in [5.41, 5.74) is 1.88. The van der Waals surface area contributed by atoms with E-state index in [1.165, 1.54) is 40.4 Å². The van der Waals surface area contributed by atoms with Crippen molar-refractivity contribution in [2.24, 2.45) is 7.05 Å². The first-order valence-electron chi connectivity index (χ1n) is 10.1. The Balaban J connectivity index is 1.53. The molecule has 9 nitrogen and oxygen atoms in total. The van der Waals surface area contributed by atoms with Gasteiger partial charge in [0, 0.05) is 29.7 Å². The number of nitro benzene ring substituents is 1. The number of benzene rings is 1. The van der Waals surface area contributed by atoms with Gasteiger partial charge in [0.15, 0.2) is 10.9 Å². The molecule has 168 valence electrons. The van der Waals surface area contributed by atoms with Crippen LogP contribution in [0, 0.1) is 17.0 Å². The fraction of sp³-hybridized carbons (Fsp3) is 0.381. The minimum Gasteiger partial charge on any atom is -0.490 e. The average molecular weight is 475 g/mol. The second kappa shape index (κ2) is 8.91. The van der Waals surface area contributed by atoms with E-state index < -0.39 is 4.92 Å². The number of nitrogens with zero attached hydrogens (tertiary/aromatic N) is 3. The van der Waals surface area contributed by atoms with E-state index in [0.29, 0.717) is 16.4 Å². The Bertz CT molecular complexity index is 1300. The second-order valence-electron chi connectivity index (χ2n) is 7.58. The number of nitrogens with one attached hydrogen (secondary N) is 1. The molecule has 0 spiro atoms. The fourth-order valence-corrected chi connectivity index (χ4v) is 5.90. The maximum absolute atomic E-state index is 13.0. The third-order valence-electron chi connectivity index (χ3n) is 5.48. The minimum absolute atomic E-state index is 0.0373. The molecular weight excluding hydrogens is 452 g/mol. The molecule has 0 radical (unpaired) electrons. The van der Waals surface area contributed by atoms with Gasteiger partial charge in [-0.2, -0.15) is 0 Å². The summed E-state index contributed by atoms with van der Waals surface area (Å²) >= 11 is 2.76. The summed E-state index contributed by atoms with van der Waals surface area (Å²) in [6.07, 6.45) is 4.13. The Labute approximate surface area is 192 Å². The molecule has 0 atom stereocenters. The van der Waals surface area contributed by atoms with Gasteiger partial charge in [-0.15, -0.1) is 11.3 Å². The lowest BCUT2D eigenvalue weighted by Gasteiger charge is -2.12. The van der Waals surface area contributed by atoms with Crippen LogP contribution in [0.1, 0.15) is 28.8 Å². The van der Waals surface area contributed by atoms with Gasteiger partial charge in [0.2, 0.25) is 5.91 Å². The van der Waals surface area contributed by atoms with E-state index in [1.54, 1.807) is 25.3 Å². The zero-order valence-corrected chi connectivity index (χ0v) is 19.5. The molecule has 2 heterocycles. The van der Waals surface area contributed by atoms with Crippen molar-refractivity contribution in [1.82, 2.24) is 9.55 Å². The van der Waals surface area contributed by atoms with Gasteiger partial charge in [-0.3, -0.25) is 24.3 Å². The number of amides is 1. The van der Waals surface area contributed by atoms with Crippen LogP contribution in [0.2, 0.25) is 0 Å². The van der Waals surface area contributed by atoms with Gasteiger partial charge in [-0.25, -0.2) is 4.98 Å². The number of thioether (sulfide) groups is 1. The number of thiophene rings is 1. The molecule has 4 rings (SSSR count). The smallest absolute Gasteiger partial charge is 0.311 e. The van der Waals surface area contributed by atoms with Gasteiger partial charge in [-0.1, -0.05) is 11.8 Å². The minimum atomic E-state index is -0.530. The summed E-state index contributed by atoms with van der Waals surface area (Å²) in [5, 5.41) is 15.1. The molecule has 0 bridgehead atoms. The number of hydrogen-bond donors (Lipinski definition) is 1. The normalized spacial score (nSPS) is 13.1. The summed E-state index contributed by atoms with van der Waals surface area (Å²) < 4.78 is 6.57. The van der Waals surface area contributed by atoms with Crippen LogP contribution in [0.3, 0.4) is 0 Å². The number of methoxy groups -OCH3 is 1. The standard InChI is InChI=1S/C21H22N4O5S2/c1-11-8-14(25(28)29)15(30-3)9-13(11)22-17(26)10-31-21-23-19-18(20(27)24(21)2)12-6-4-5-7-16(12)32-19/h8-9H,4-7,10H2,1-3H3,(H,22,26). The molecular formula is C21H22N4O5S2. The van der Waals surface area contributed by atoms with Crippen LogP contribution < -0.4 is 15.6 Å². The second-order valence-corrected chi connectivity index (χ2v) is 9.61. The van der Waals surface area contributed by atoms with Crippen LogP contribution in [-0.2, 0) is 24.7 Å². The highest BCUT2D eigenvalue weighted by Crippen LogP contribution is 2.35. The molecule has 3 aromatic rings. The predicted octanol–water partition coefficient (Wildman–Crippen LogP) is 3.83. The molecule has 1 aliphatic carbocycles. The Morgan fingerprint density at radius 3 is 2.84 bits per heavy atom. The number of rotatable bonds is 6. The molecule has 11 heteroatoms. The van der Waals surface area contributed by atoms with Crippen LogP contribution in [-0.4, -0.2) is 33.2 Å². The third-order valence-corrected chi connectivity index (χ3v) is 7.70. The zero-order valence-electron chi connectivity index (χ0n) is 17.9. The van der Waals surface area contributed by atoms with Crippen molar-refractivity contribution in [2.45, 2.75) is 37.8 Å². The molecule has 0 unspecified atom stereocenters. The van der Waals surface area contributed by atoms with Crippen LogP contribution in [0.4, 0.5) is 11.4 Å². The van der Waals surface area contributed by atoms with Gasteiger partial charge in [0.25, 0.3) is 5.56 Å². The first kappa shape index (κ1) is 22.3. The van der Waals surface area contributed by atoms with Crippen molar-refractivity contribution in [2.75, 3.05) is 18.2 Å². The first-order valence-corrected chi connectivity index (χ1v) is 11.9. The Morgan fingerprint density at radius 2 is 2.12 bits per heavy atom. The highest BCUT2D eigenvalue weighted by atomic mass is 32.2. The first-order chi connectivity index (χ1) is 15.3. The van der Waals surface area contributed by atoms with Gasteiger partial charge >= 0.3 is 5.69 Å². The summed E-state index contributed by atoms with van der Waals surface area (Å²) in [6, 6.07) is 2.80. The lowest BCUT2D eigenvalue weighted by Crippen LogP contribution is -2.22. The fourth-order valence-electron chi connectivity index (χ4n) is 3.83. The molecule has 1 aromatic carbocycles. The molecule has 1 N–H and O–H groups in total. The number of ether oxygens (including phenoxy) is 1. The predicted molar refractivity (Wildman–Crippen MR) is 125 cm³/mol. The largest absolute Gasteiger partial charge is 0.490 e. The monoisotopic (exact) mass is 474 g/mol. The van der Waals surface area contributed by atoms with E-state index in [-0.39, 0.29) is 28.7 Å². The maximum Gasteiger partial charge on any atom is 0.311 e. The Morgan fingerprint density at radius 1 is 1.38 bits per heavy atom. The SMILES string of the molecule is COc1cc(NC(=O)CSc2nc3sc4c(c3c(=O)n2C)CCCC4)c(C)cc1[N+](=O)[O-]. The van der Waals surface area contributed by atoms with Crippen molar-refractivity contribution in [1.29, 1.82) is 0 Å². The van der Waals surface area contributed by atoms with E-state index in [1.807, 2.05) is 0 Å². The molecule has 0 aliphatic heterocycles. The van der Waals surface area contributed by atoms with Crippen LogP contribution in [0.25, 0.3) is 10.2 Å². The summed E-state index contributed by atoms with van der Waals surface area (Å²) in [7, 11) is 3.01. The summed E-state index contributed by atoms with van der Waals surface area (Å²) in [5.74, 6) is -0.205. The van der Waals surface area contributed by atoms with Crippen LogP contribution in [0.15, 0.2) is 22.1 Å². The van der Waals surface area contributed by atoms with Gasteiger partial charge < -0.3 is 10.1 Å². The van der Waals surface area contributed by atoms with Crippen molar-refractivity contribution in [3.8, 4) is 5.75 Å². The van der Waals surface area contributed by atoms with E-state index in [9.17, 15) is 19.7 Å². The lowest BCUT2D eigenvalue weighted by molar-refractivity contribution is -0.385. The molecule has 1 aliphatic rings. The number of carbonyl (C=O) groups is 1. The van der Waals surface area contributed by atoms with Gasteiger partial charge in [0.05, 0.1) is 23.2 Å². The summed E-state index contributed by atoms with van der Waals surface area (Å²) in [4.78, 5) is 42.8. The summed E-state index contributed by atoms with van der Waals surface area (Å²) in [6.45, 7) is 1.67. The Kier molecular flexibility index (Phi) is 6.20. The quantitative estimate of drug-likeness (QED) is 0.250. The topological polar surface area (TPSA) is 116 Å². The highest BCUT2D eigenvalue weighted by Gasteiger charge is 2.22. The molecule has 0 saturated carbocycles. The number of hydrogen-bond acceptors (Lipinski definition) is 8. The van der Waals surface area contributed by atoms with Crippen molar-refractivity contribution in [3.63, 3.8) is 0 Å². The molecule has 32 heavy (non-hydrogen) atoms.